The minimum atomic E-state index is 0.201. The highest BCUT2D eigenvalue weighted by atomic mass is 15.2. The number of hydrogen-bond acceptors (Lipinski definition) is 3. The Morgan fingerprint density at radius 1 is 1.33 bits per heavy atom. The highest BCUT2D eigenvalue weighted by molar-refractivity contribution is 4.99. The maximum atomic E-state index is 4.34. The number of piperidine rings is 1. The van der Waals surface area contributed by atoms with E-state index in [4.69, 9.17) is 0 Å². The smallest absolute Gasteiger partial charge is 0.0948 e. The van der Waals surface area contributed by atoms with Crippen molar-refractivity contribution in [1.29, 1.82) is 0 Å². The average molecular weight is 292 g/mol. The van der Waals surface area contributed by atoms with Gasteiger partial charge in [0.15, 0.2) is 0 Å². The molecular weight excluding hydrogens is 260 g/mol. The molecule has 0 saturated carbocycles. The Balaban J connectivity index is 1.96. The van der Waals surface area contributed by atoms with Crippen LogP contribution in [0.4, 0.5) is 0 Å². The van der Waals surface area contributed by atoms with Gasteiger partial charge >= 0.3 is 0 Å². The quantitative estimate of drug-likeness (QED) is 0.875. The van der Waals surface area contributed by atoms with Gasteiger partial charge < -0.3 is 9.88 Å². The van der Waals surface area contributed by atoms with E-state index in [2.05, 4.69) is 47.5 Å². The molecule has 1 unspecified atom stereocenters. The second-order valence-corrected chi connectivity index (χ2v) is 7.33. The van der Waals surface area contributed by atoms with Crippen molar-refractivity contribution in [3.8, 4) is 0 Å². The number of aryl methyl sites for hydroxylation is 1. The van der Waals surface area contributed by atoms with E-state index in [1.165, 1.54) is 37.9 Å². The minimum absolute atomic E-state index is 0.201. The van der Waals surface area contributed by atoms with E-state index in [1.807, 2.05) is 12.5 Å². The standard InChI is InChI=1S/C17H32N4/c1-5-9-21-14-18-11-16(21)13-20-10-7-6-8-15(20)12-19-17(2,3)4/h11,14-15,19H,5-10,12-13H2,1-4H3. The topological polar surface area (TPSA) is 33.1 Å². The minimum Gasteiger partial charge on any atom is -0.333 e. The average Bonchev–Trinajstić information content (AvgIpc) is 2.85. The summed E-state index contributed by atoms with van der Waals surface area (Å²) in [5.41, 5.74) is 1.56. The molecule has 0 bridgehead atoms. The van der Waals surface area contributed by atoms with Crippen LogP contribution in [0.15, 0.2) is 12.5 Å². The van der Waals surface area contributed by atoms with Crippen LogP contribution in [0.5, 0.6) is 0 Å². The molecule has 0 aromatic carbocycles. The number of likely N-dealkylation sites (tertiary alicyclic amines) is 1. The molecule has 1 atom stereocenters. The first-order valence-electron chi connectivity index (χ1n) is 8.47. The van der Waals surface area contributed by atoms with Crippen molar-refractivity contribution in [2.75, 3.05) is 13.1 Å². The van der Waals surface area contributed by atoms with Crippen LogP contribution >= 0.6 is 0 Å². The summed E-state index contributed by atoms with van der Waals surface area (Å²) in [6.45, 7) is 13.4. The van der Waals surface area contributed by atoms with E-state index in [9.17, 15) is 0 Å². The maximum absolute atomic E-state index is 4.34. The Kier molecular flexibility index (Phi) is 5.82. The summed E-state index contributed by atoms with van der Waals surface area (Å²) in [5.74, 6) is 0. The number of rotatable bonds is 6. The van der Waals surface area contributed by atoms with Crippen molar-refractivity contribution < 1.29 is 0 Å². The fourth-order valence-electron chi connectivity index (χ4n) is 3.05. The van der Waals surface area contributed by atoms with Gasteiger partial charge in [-0.3, -0.25) is 4.90 Å². The Morgan fingerprint density at radius 2 is 2.14 bits per heavy atom. The Bertz CT molecular complexity index is 419. The monoisotopic (exact) mass is 292 g/mol. The molecule has 120 valence electrons. The third kappa shape index (κ3) is 5.11. The molecule has 0 amide bonds. The summed E-state index contributed by atoms with van der Waals surface area (Å²) in [5, 5.41) is 3.68. The number of imidazole rings is 1. The molecule has 1 saturated heterocycles. The van der Waals surface area contributed by atoms with Gasteiger partial charge in [0.25, 0.3) is 0 Å². The van der Waals surface area contributed by atoms with E-state index in [0.717, 1.165) is 19.6 Å². The van der Waals surface area contributed by atoms with Gasteiger partial charge in [-0.25, -0.2) is 4.98 Å². The molecule has 2 rings (SSSR count). The molecule has 0 aliphatic carbocycles. The van der Waals surface area contributed by atoms with Gasteiger partial charge in [-0.15, -0.1) is 0 Å². The second-order valence-electron chi connectivity index (χ2n) is 7.33. The van der Waals surface area contributed by atoms with Crippen LogP contribution < -0.4 is 5.32 Å². The lowest BCUT2D eigenvalue weighted by atomic mass is 10.00. The lowest BCUT2D eigenvalue weighted by Crippen LogP contribution is -2.49. The molecule has 2 heterocycles. The molecule has 4 nitrogen and oxygen atoms in total. The first-order valence-corrected chi connectivity index (χ1v) is 8.47. The first kappa shape index (κ1) is 16.5. The van der Waals surface area contributed by atoms with Crippen LogP contribution in [0.1, 0.15) is 59.1 Å². The molecule has 1 aromatic rings. The van der Waals surface area contributed by atoms with Crippen molar-refractivity contribution >= 4 is 0 Å². The molecule has 1 aliphatic heterocycles. The normalized spacial score (nSPS) is 20.9. The summed E-state index contributed by atoms with van der Waals surface area (Å²) in [6.07, 6.45) is 9.18. The molecular formula is C17H32N4. The number of nitrogens with zero attached hydrogens (tertiary/aromatic N) is 3. The van der Waals surface area contributed by atoms with E-state index >= 15 is 0 Å². The fraction of sp³-hybridized carbons (Fsp3) is 0.824. The maximum Gasteiger partial charge on any atom is 0.0948 e. The number of aromatic nitrogens is 2. The van der Waals surface area contributed by atoms with Crippen molar-refractivity contribution in [3.63, 3.8) is 0 Å². The summed E-state index contributed by atoms with van der Waals surface area (Å²) >= 11 is 0. The first-order chi connectivity index (χ1) is 9.99. The third-order valence-corrected chi connectivity index (χ3v) is 4.25. The fourth-order valence-corrected chi connectivity index (χ4v) is 3.05. The molecule has 0 radical (unpaired) electrons. The van der Waals surface area contributed by atoms with Crippen molar-refractivity contribution in [3.05, 3.63) is 18.2 Å². The summed E-state index contributed by atoms with van der Waals surface area (Å²) in [6, 6.07) is 0.656. The molecule has 0 spiro atoms. The highest BCUT2D eigenvalue weighted by Crippen LogP contribution is 2.20. The predicted molar refractivity (Wildman–Crippen MR) is 88.3 cm³/mol. The lowest BCUT2D eigenvalue weighted by Gasteiger charge is -2.37. The molecule has 4 heteroatoms. The Hall–Kier alpha value is -0.870. The molecule has 1 N–H and O–H groups in total. The number of nitrogens with one attached hydrogen (secondary N) is 1. The second kappa shape index (κ2) is 7.41. The van der Waals surface area contributed by atoms with Gasteiger partial charge in [-0.2, -0.15) is 0 Å². The van der Waals surface area contributed by atoms with Crippen molar-refractivity contribution in [1.82, 2.24) is 19.8 Å². The van der Waals surface area contributed by atoms with Crippen molar-refractivity contribution in [2.24, 2.45) is 0 Å². The van der Waals surface area contributed by atoms with Crippen LogP contribution in [-0.4, -0.2) is 39.1 Å². The summed E-state index contributed by atoms with van der Waals surface area (Å²) in [7, 11) is 0. The van der Waals surface area contributed by atoms with Crippen LogP contribution in [0.3, 0.4) is 0 Å². The Labute approximate surface area is 129 Å². The van der Waals surface area contributed by atoms with Crippen molar-refractivity contribution in [2.45, 2.75) is 78.0 Å². The van der Waals surface area contributed by atoms with Gasteiger partial charge in [-0.05, 0) is 46.6 Å². The van der Waals surface area contributed by atoms with Gasteiger partial charge in [0.05, 0.1) is 12.0 Å². The SMILES string of the molecule is CCCn1cncc1CN1CCCCC1CNC(C)(C)C. The molecule has 1 aliphatic rings. The molecule has 1 fully saturated rings. The van der Waals surface area contributed by atoms with Crippen LogP contribution in [0.25, 0.3) is 0 Å². The summed E-state index contributed by atoms with van der Waals surface area (Å²) in [4.78, 5) is 6.98. The zero-order chi connectivity index (χ0) is 15.3. The van der Waals surface area contributed by atoms with Crippen LogP contribution in [-0.2, 0) is 13.1 Å². The van der Waals surface area contributed by atoms with E-state index in [-0.39, 0.29) is 5.54 Å². The van der Waals surface area contributed by atoms with Crippen LogP contribution in [0.2, 0.25) is 0 Å². The summed E-state index contributed by atoms with van der Waals surface area (Å²) < 4.78 is 2.31. The number of hydrogen-bond donors (Lipinski definition) is 1. The Morgan fingerprint density at radius 3 is 2.86 bits per heavy atom. The van der Waals surface area contributed by atoms with E-state index < -0.39 is 0 Å². The highest BCUT2D eigenvalue weighted by Gasteiger charge is 2.24. The van der Waals surface area contributed by atoms with Gasteiger partial charge in [0.2, 0.25) is 0 Å². The lowest BCUT2D eigenvalue weighted by molar-refractivity contribution is 0.128. The van der Waals surface area contributed by atoms with E-state index in [0.29, 0.717) is 6.04 Å². The van der Waals surface area contributed by atoms with Gasteiger partial charge in [0.1, 0.15) is 0 Å². The predicted octanol–water partition coefficient (Wildman–Crippen LogP) is 3.04. The largest absolute Gasteiger partial charge is 0.333 e. The van der Waals surface area contributed by atoms with E-state index in [1.54, 1.807) is 0 Å². The van der Waals surface area contributed by atoms with Gasteiger partial charge in [-0.1, -0.05) is 13.3 Å². The molecule has 1 aromatic heterocycles. The third-order valence-electron chi connectivity index (χ3n) is 4.25. The zero-order valence-corrected chi connectivity index (χ0v) is 14.2. The zero-order valence-electron chi connectivity index (χ0n) is 14.2. The van der Waals surface area contributed by atoms with Crippen LogP contribution in [0, 0.1) is 0 Å². The molecule has 21 heavy (non-hydrogen) atoms. The van der Waals surface area contributed by atoms with Gasteiger partial charge in [0, 0.05) is 37.4 Å².